The maximum Gasteiger partial charge on any atom is 0.303 e. The quantitative estimate of drug-likeness (QED) is 0.773. The molecule has 1 heterocycles. The van der Waals surface area contributed by atoms with Crippen molar-refractivity contribution in [3.8, 4) is 5.69 Å². The minimum absolute atomic E-state index is 0.0466. The van der Waals surface area contributed by atoms with E-state index in [1.807, 2.05) is 19.9 Å². The zero-order valence-electron chi connectivity index (χ0n) is 14.9. The topological polar surface area (TPSA) is 75.4 Å². The standard InChI is InChI=1S/C18H21Cl2N3O3/c1-11-14(10-17(24)22(3)8-4-5-18(25)26)12(2)23(21-11)13-6-7-15(19)16(20)9-13/h6-7,9H,4-5,8,10H2,1-3H3,(H,25,26). The number of hydrogen-bond donors (Lipinski definition) is 1. The van der Waals surface area contributed by atoms with Crippen LogP contribution in [0.4, 0.5) is 0 Å². The average molecular weight is 398 g/mol. The molecule has 26 heavy (non-hydrogen) atoms. The van der Waals surface area contributed by atoms with E-state index in [0.717, 1.165) is 22.6 Å². The molecule has 2 rings (SSSR count). The Morgan fingerprint density at radius 3 is 2.54 bits per heavy atom. The Labute approximate surface area is 162 Å². The monoisotopic (exact) mass is 397 g/mol. The Hall–Kier alpha value is -2.05. The number of carboxylic acid groups (broad SMARTS) is 1. The van der Waals surface area contributed by atoms with Gasteiger partial charge in [0.1, 0.15) is 0 Å². The molecule has 0 atom stereocenters. The number of carbonyl (C=O) groups is 2. The molecule has 140 valence electrons. The van der Waals surface area contributed by atoms with Crippen LogP contribution >= 0.6 is 23.2 Å². The van der Waals surface area contributed by atoms with Gasteiger partial charge in [-0.25, -0.2) is 4.68 Å². The fourth-order valence-corrected chi connectivity index (χ4v) is 2.97. The number of carbonyl (C=O) groups excluding carboxylic acids is 1. The number of aryl methyl sites for hydroxylation is 1. The van der Waals surface area contributed by atoms with Crippen molar-refractivity contribution in [1.29, 1.82) is 0 Å². The van der Waals surface area contributed by atoms with Gasteiger partial charge in [0.15, 0.2) is 0 Å². The van der Waals surface area contributed by atoms with Crippen LogP contribution in [0, 0.1) is 13.8 Å². The van der Waals surface area contributed by atoms with Gasteiger partial charge in [0.05, 0.1) is 27.8 Å². The van der Waals surface area contributed by atoms with Crippen molar-refractivity contribution in [2.45, 2.75) is 33.1 Å². The molecule has 0 fully saturated rings. The first-order chi connectivity index (χ1) is 12.2. The lowest BCUT2D eigenvalue weighted by atomic mass is 10.1. The molecule has 2 aromatic rings. The summed E-state index contributed by atoms with van der Waals surface area (Å²) in [4.78, 5) is 24.6. The Morgan fingerprint density at radius 2 is 1.92 bits per heavy atom. The lowest BCUT2D eigenvalue weighted by Gasteiger charge is -2.16. The van der Waals surface area contributed by atoms with Gasteiger partial charge >= 0.3 is 5.97 Å². The van der Waals surface area contributed by atoms with Crippen LogP contribution in [0.2, 0.25) is 10.0 Å². The van der Waals surface area contributed by atoms with Gasteiger partial charge in [-0.3, -0.25) is 9.59 Å². The number of hydrogen-bond acceptors (Lipinski definition) is 3. The first-order valence-electron chi connectivity index (χ1n) is 8.17. The first-order valence-corrected chi connectivity index (χ1v) is 8.92. The van der Waals surface area contributed by atoms with Crippen LogP contribution in [-0.2, 0) is 16.0 Å². The smallest absolute Gasteiger partial charge is 0.303 e. The molecule has 0 unspecified atom stereocenters. The van der Waals surface area contributed by atoms with Crippen LogP contribution in [0.3, 0.4) is 0 Å². The summed E-state index contributed by atoms with van der Waals surface area (Å²) in [5.74, 6) is -0.935. The van der Waals surface area contributed by atoms with Crippen LogP contribution < -0.4 is 0 Å². The van der Waals surface area contributed by atoms with Gasteiger partial charge < -0.3 is 10.0 Å². The molecule has 0 saturated heterocycles. The summed E-state index contributed by atoms with van der Waals surface area (Å²) < 4.78 is 1.74. The van der Waals surface area contributed by atoms with E-state index in [4.69, 9.17) is 28.3 Å². The van der Waals surface area contributed by atoms with Crippen molar-refractivity contribution in [3.05, 3.63) is 45.2 Å². The summed E-state index contributed by atoms with van der Waals surface area (Å²) in [5.41, 5.74) is 3.24. The third-order valence-electron chi connectivity index (χ3n) is 4.23. The zero-order valence-corrected chi connectivity index (χ0v) is 16.4. The zero-order chi connectivity index (χ0) is 19.4. The normalized spacial score (nSPS) is 10.8. The van der Waals surface area contributed by atoms with Crippen molar-refractivity contribution in [2.75, 3.05) is 13.6 Å². The molecule has 0 saturated carbocycles. The average Bonchev–Trinajstić information content (AvgIpc) is 2.85. The Bertz CT molecular complexity index is 833. The van der Waals surface area contributed by atoms with Crippen LogP contribution in [0.15, 0.2) is 18.2 Å². The molecule has 0 aliphatic rings. The van der Waals surface area contributed by atoms with Gasteiger partial charge in [0.2, 0.25) is 5.91 Å². The van der Waals surface area contributed by atoms with Crippen LogP contribution in [0.25, 0.3) is 5.69 Å². The summed E-state index contributed by atoms with van der Waals surface area (Å²) in [6.45, 7) is 4.16. The van der Waals surface area contributed by atoms with E-state index < -0.39 is 5.97 Å². The number of aromatic nitrogens is 2. The molecule has 1 aromatic carbocycles. The second-order valence-corrected chi connectivity index (χ2v) is 6.96. The van der Waals surface area contributed by atoms with Crippen molar-refractivity contribution in [3.63, 3.8) is 0 Å². The molecule has 0 aliphatic heterocycles. The molecule has 8 heteroatoms. The largest absolute Gasteiger partial charge is 0.481 e. The van der Waals surface area contributed by atoms with Gasteiger partial charge in [0, 0.05) is 31.3 Å². The number of rotatable bonds is 7. The fourth-order valence-electron chi connectivity index (χ4n) is 2.68. The number of halogens is 2. The third kappa shape index (κ3) is 4.77. The maximum absolute atomic E-state index is 12.4. The highest BCUT2D eigenvalue weighted by Crippen LogP contribution is 2.26. The van der Waals surface area contributed by atoms with E-state index in [1.54, 1.807) is 28.8 Å². The highest BCUT2D eigenvalue weighted by atomic mass is 35.5. The molecule has 0 bridgehead atoms. The molecular formula is C18H21Cl2N3O3. The van der Waals surface area contributed by atoms with Crippen molar-refractivity contribution in [2.24, 2.45) is 0 Å². The van der Waals surface area contributed by atoms with Gasteiger partial charge in [-0.15, -0.1) is 0 Å². The molecule has 1 N–H and O–H groups in total. The number of benzene rings is 1. The summed E-state index contributed by atoms with van der Waals surface area (Å²) in [6, 6.07) is 5.25. The Balaban J connectivity index is 2.15. The SMILES string of the molecule is Cc1nn(-c2ccc(Cl)c(Cl)c2)c(C)c1CC(=O)N(C)CCCC(=O)O. The second kappa shape index (κ2) is 8.56. The van der Waals surface area contributed by atoms with Crippen molar-refractivity contribution < 1.29 is 14.7 Å². The predicted molar refractivity (Wildman–Crippen MR) is 101 cm³/mol. The van der Waals surface area contributed by atoms with Gasteiger partial charge in [-0.1, -0.05) is 23.2 Å². The molecule has 1 amide bonds. The lowest BCUT2D eigenvalue weighted by Crippen LogP contribution is -2.29. The summed E-state index contributed by atoms with van der Waals surface area (Å²) >= 11 is 12.0. The van der Waals surface area contributed by atoms with Crippen LogP contribution in [0.1, 0.15) is 29.8 Å². The number of likely N-dealkylation sites (N-methyl/N-ethyl adjacent to an activating group) is 1. The van der Waals surface area contributed by atoms with Crippen molar-refractivity contribution in [1.82, 2.24) is 14.7 Å². The Morgan fingerprint density at radius 1 is 1.23 bits per heavy atom. The fraction of sp³-hybridized carbons (Fsp3) is 0.389. The second-order valence-electron chi connectivity index (χ2n) is 6.15. The highest BCUT2D eigenvalue weighted by Gasteiger charge is 2.18. The lowest BCUT2D eigenvalue weighted by molar-refractivity contribution is -0.138. The minimum Gasteiger partial charge on any atom is -0.481 e. The molecule has 0 aliphatic carbocycles. The van der Waals surface area contributed by atoms with Crippen LogP contribution in [-0.4, -0.2) is 45.3 Å². The number of aliphatic carboxylic acids is 1. The van der Waals surface area contributed by atoms with E-state index >= 15 is 0 Å². The van der Waals surface area contributed by atoms with E-state index in [-0.39, 0.29) is 18.7 Å². The van der Waals surface area contributed by atoms with Gasteiger partial charge in [-0.05, 0) is 38.5 Å². The molecule has 0 radical (unpaired) electrons. The van der Waals surface area contributed by atoms with Crippen LogP contribution in [0.5, 0.6) is 0 Å². The number of nitrogens with zero attached hydrogens (tertiary/aromatic N) is 3. The Kier molecular flexibility index (Phi) is 6.67. The predicted octanol–water partition coefficient (Wildman–Crippen LogP) is 3.66. The van der Waals surface area contributed by atoms with Gasteiger partial charge in [-0.2, -0.15) is 5.10 Å². The molecule has 6 nitrogen and oxygen atoms in total. The van der Waals surface area contributed by atoms with E-state index in [2.05, 4.69) is 5.10 Å². The van der Waals surface area contributed by atoms with E-state index in [0.29, 0.717) is 23.0 Å². The number of carboxylic acids is 1. The minimum atomic E-state index is -0.861. The van der Waals surface area contributed by atoms with E-state index in [1.165, 1.54) is 0 Å². The number of amides is 1. The maximum atomic E-state index is 12.4. The third-order valence-corrected chi connectivity index (χ3v) is 4.97. The molecular weight excluding hydrogens is 377 g/mol. The molecule has 0 spiro atoms. The molecule has 1 aromatic heterocycles. The summed E-state index contributed by atoms with van der Waals surface area (Å²) in [5, 5.41) is 14.1. The summed E-state index contributed by atoms with van der Waals surface area (Å²) in [6.07, 6.45) is 0.686. The highest BCUT2D eigenvalue weighted by molar-refractivity contribution is 6.42. The van der Waals surface area contributed by atoms with Gasteiger partial charge in [0.25, 0.3) is 0 Å². The van der Waals surface area contributed by atoms with Crippen molar-refractivity contribution >= 4 is 35.1 Å². The first kappa shape index (κ1) is 20.3. The van der Waals surface area contributed by atoms with E-state index in [9.17, 15) is 9.59 Å². The summed E-state index contributed by atoms with van der Waals surface area (Å²) in [7, 11) is 1.68.